The van der Waals surface area contributed by atoms with E-state index in [9.17, 15) is 0 Å². The monoisotopic (exact) mass is 366 g/mol. The molecule has 0 aliphatic carbocycles. The van der Waals surface area contributed by atoms with Gasteiger partial charge in [-0.25, -0.2) is 0 Å². The molecule has 1 unspecified atom stereocenters. The van der Waals surface area contributed by atoms with Crippen LogP contribution < -0.4 is 4.74 Å². The van der Waals surface area contributed by atoms with Crippen molar-refractivity contribution in [3.63, 3.8) is 0 Å². The summed E-state index contributed by atoms with van der Waals surface area (Å²) in [6.45, 7) is 6.76. The maximum absolute atomic E-state index is 6.02. The van der Waals surface area contributed by atoms with Crippen LogP contribution in [-0.2, 0) is 17.8 Å². The molecule has 21 heavy (non-hydrogen) atoms. The van der Waals surface area contributed by atoms with Crippen LogP contribution in [0.2, 0.25) is 6.04 Å². The smallest absolute Gasteiger partial charge is 0.341 e. The summed E-state index contributed by atoms with van der Waals surface area (Å²) in [6, 6.07) is 4.43. The molecule has 0 amide bonds. The van der Waals surface area contributed by atoms with Crippen LogP contribution in [0, 0.1) is 5.92 Å². The fraction of sp³-hybridized carbons (Fsp3) is 0.600. The van der Waals surface area contributed by atoms with E-state index in [0.717, 1.165) is 24.2 Å². The Kier molecular flexibility index (Phi) is 5.53. The summed E-state index contributed by atoms with van der Waals surface area (Å²) in [5, 5.41) is 0. The van der Waals surface area contributed by atoms with Crippen LogP contribution in [0.5, 0.6) is 5.75 Å². The van der Waals surface area contributed by atoms with Crippen molar-refractivity contribution in [2.75, 3.05) is 0 Å². The maximum atomic E-state index is 6.02. The molecule has 0 saturated carbocycles. The summed E-state index contributed by atoms with van der Waals surface area (Å²) in [4.78, 5) is 0. The second-order valence-electron chi connectivity index (χ2n) is 5.97. The molecule has 2 rings (SSSR count). The van der Waals surface area contributed by atoms with E-state index in [0.29, 0.717) is 18.6 Å². The third-order valence-electron chi connectivity index (χ3n) is 3.93. The van der Waals surface area contributed by atoms with E-state index in [-0.39, 0.29) is 0 Å². The van der Waals surface area contributed by atoms with Crippen LogP contribution in [0.1, 0.15) is 38.3 Å². The van der Waals surface area contributed by atoms with Gasteiger partial charge in [-0.2, -0.15) is 0 Å². The van der Waals surface area contributed by atoms with Gasteiger partial charge >= 0.3 is 6.00 Å². The van der Waals surface area contributed by atoms with Gasteiger partial charge in [0.1, 0.15) is 5.75 Å². The molecule has 1 aliphatic rings. The van der Waals surface area contributed by atoms with Crippen molar-refractivity contribution in [3.8, 4) is 5.75 Å². The molecule has 1 aromatic carbocycles. The Morgan fingerprint density at radius 2 is 2.00 bits per heavy atom. The lowest BCUT2D eigenvalue weighted by Gasteiger charge is -2.38. The van der Waals surface area contributed by atoms with Crippen LogP contribution >= 0.6 is 33.2 Å². The van der Waals surface area contributed by atoms with Crippen molar-refractivity contribution in [1.29, 1.82) is 0 Å². The third kappa shape index (κ3) is 4.77. The predicted molar refractivity (Wildman–Crippen MR) is 91.5 cm³/mol. The number of ether oxygens (including phenoxy) is 2. The van der Waals surface area contributed by atoms with Gasteiger partial charge in [-0.1, -0.05) is 19.9 Å². The standard InChI is InChI=1S/C15H21Cl3O2Si/c1-11(2)15(3)19-10-13-9-12(6-7-14(13)20-15)5-4-8-21(16,17)18/h6-7,9,11H,4-5,8,10H2,1-3H3. The lowest BCUT2D eigenvalue weighted by atomic mass is 10.0. The van der Waals surface area contributed by atoms with Gasteiger partial charge in [0.05, 0.1) is 6.61 Å². The normalized spacial score (nSPS) is 22.0. The lowest BCUT2D eigenvalue weighted by Crippen LogP contribution is -2.43. The Balaban J connectivity index is 2.02. The zero-order chi connectivity index (χ0) is 15.7. The molecule has 0 N–H and O–H groups in total. The van der Waals surface area contributed by atoms with E-state index in [4.69, 9.17) is 42.7 Å². The number of halogens is 3. The average Bonchev–Trinajstić information content (AvgIpc) is 2.37. The number of rotatable bonds is 5. The zero-order valence-electron chi connectivity index (χ0n) is 12.6. The second kappa shape index (κ2) is 6.67. The molecule has 1 atom stereocenters. The van der Waals surface area contributed by atoms with Gasteiger partial charge in [-0.15, -0.1) is 33.2 Å². The fourth-order valence-electron chi connectivity index (χ4n) is 2.25. The van der Waals surface area contributed by atoms with Gasteiger partial charge in [0.2, 0.25) is 5.79 Å². The van der Waals surface area contributed by atoms with Crippen LogP contribution in [-0.4, -0.2) is 11.8 Å². The highest BCUT2D eigenvalue weighted by Gasteiger charge is 2.35. The Labute approximate surface area is 141 Å². The van der Waals surface area contributed by atoms with Crippen molar-refractivity contribution in [2.24, 2.45) is 5.92 Å². The highest BCUT2D eigenvalue weighted by molar-refractivity contribution is 7.64. The van der Waals surface area contributed by atoms with Crippen molar-refractivity contribution in [2.45, 2.75) is 52.1 Å². The van der Waals surface area contributed by atoms with Gasteiger partial charge in [-0.3, -0.25) is 0 Å². The van der Waals surface area contributed by atoms with Crippen molar-refractivity contribution in [3.05, 3.63) is 29.3 Å². The van der Waals surface area contributed by atoms with Gasteiger partial charge in [0, 0.05) is 18.4 Å². The van der Waals surface area contributed by atoms with Crippen molar-refractivity contribution >= 4 is 39.2 Å². The summed E-state index contributed by atoms with van der Waals surface area (Å²) in [7, 11) is 0. The predicted octanol–water partition coefficient (Wildman–Crippen LogP) is 5.56. The molecule has 118 valence electrons. The van der Waals surface area contributed by atoms with Gasteiger partial charge in [0.25, 0.3) is 0 Å². The van der Waals surface area contributed by atoms with Crippen LogP contribution in [0.25, 0.3) is 0 Å². The van der Waals surface area contributed by atoms with E-state index in [1.54, 1.807) is 0 Å². The molecular formula is C15H21Cl3O2Si. The molecule has 1 aromatic rings. The van der Waals surface area contributed by atoms with E-state index in [2.05, 4.69) is 26.0 Å². The summed E-state index contributed by atoms with van der Waals surface area (Å²) >= 11 is 17.7. The number of fused-ring (bicyclic) bond motifs is 1. The molecule has 1 heterocycles. The van der Waals surface area contributed by atoms with E-state index < -0.39 is 11.8 Å². The molecule has 0 radical (unpaired) electrons. The van der Waals surface area contributed by atoms with E-state index in [1.807, 2.05) is 13.0 Å². The Morgan fingerprint density at radius 1 is 1.29 bits per heavy atom. The molecular weight excluding hydrogens is 347 g/mol. The number of benzene rings is 1. The first-order valence-electron chi connectivity index (χ1n) is 7.21. The molecule has 6 heteroatoms. The molecule has 2 nitrogen and oxygen atoms in total. The quantitative estimate of drug-likeness (QED) is 0.501. The minimum absolute atomic E-state index is 0.291. The Bertz CT molecular complexity index is 502. The summed E-state index contributed by atoms with van der Waals surface area (Å²) in [5.41, 5.74) is 2.33. The fourth-order valence-corrected chi connectivity index (χ4v) is 4.03. The Morgan fingerprint density at radius 3 is 2.62 bits per heavy atom. The lowest BCUT2D eigenvalue weighted by molar-refractivity contribution is -0.219. The van der Waals surface area contributed by atoms with Crippen molar-refractivity contribution < 1.29 is 9.47 Å². The molecule has 0 spiro atoms. The number of hydrogen-bond donors (Lipinski definition) is 0. The van der Waals surface area contributed by atoms with Crippen LogP contribution in [0.3, 0.4) is 0 Å². The minimum atomic E-state index is -2.50. The van der Waals surface area contributed by atoms with Gasteiger partial charge in [-0.05, 0) is 36.6 Å². The Hall–Kier alpha value is 0.0669. The molecule has 0 fully saturated rings. The molecule has 0 bridgehead atoms. The van der Waals surface area contributed by atoms with Gasteiger partial charge in [0.15, 0.2) is 0 Å². The SMILES string of the molecule is CC(C)C1(C)OCc2cc(CCC[Si](Cl)(Cl)Cl)ccc2O1. The summed E-state index contributed by atoms with van der Waals surface area (Å²) in [6.07, 6.45) is 1.81. The number of hydrogen-bond acceptors (Lipinski definition) is 2. The van der Waals surface area contributed by atoms with E-state index >= 15 is 0 Å². The second-order valence-corrected chi connectivity index (χ2v) is 15.3. The third-order valence-corrected chi connectivity index (χ3v) is 6.55. The molecule has 0 aromatic heterocycles. The first kappa shape index (κ1) is 17.4. The first-order valence-corrected chi connectivity index (χ1v) is 12.5. The van der Waals surface area contributed by atoms with Crippen molar-refractivity contribution in [1.82, 2.24) is 0 Å². The van der Waals surface area contributed by atoms with Crippen LogP contribution in [0.4, 0.5) is 0 Å². The number of aryl methyl sites for hydroxylation is 1. The minimum Gasteiger partial charge on any atom is -0.462 e. The highest BCUT2D eigenvalue weighted by atomic mass is 35.8. The zero-order valence-corrected chi connectivity index (χ0v) is 15.9. The molecule has 0 saturated heterocycles. The molecule has 1 aliphatic heterocycles. The largest absolute Gasteiger partial charge is 0.462 e. The van der Waals surface area contributed by atoms with Gasteiger partial charge < -0.3 is 9.47 Å². The van der Waals surface area contributed by atoms with Crippen LogP contribution in [0.15, 0.2) is 18.2 Å². The first-order chi connectivity index (χ1) is 9.70. The highest BCUT2D eigenvalue weighted by Crippen LogP contribution is 2.36. The average molecular weight is 368 g/mol. The maximum Gasteiger partial charge on any atom is 0.341 e. The summed E-state index contributed by atoms with van der Waals surface area (Å²) in [5.74, 6) is 0.659. The summed E-state index contributed by atoms with van der Waals surface area (Å²) < 4.78 is 11.9. The topological polar surface area (TPSA) is 18.5 Å². The van der Waals surface area contributed by atoms with E-state index in [1.165, 1.54) is 5.56 Å².